The van der Waals surface area contributed by atoms with E-state index < -0.39 is 0 Å². The molecule has 0 bridgehead atoms. The predicted molar refractivity (Wildman–Crippen MR) is 73.4 cm³/mol. The van der Waals surface area contributed by atoms with Crippen LogP contribution < -0.4 is 11.1 Å². The summed E-state index contributed by atoms with van der Waals surface area (Å²) in [6.07, 6.45) is 5.39. The number of rotatable bonds is 6. The lowest BCUT2D eigenvalue weighted by Gasteiger charge is -2.21. The van der Waals surface area contributed by atoms with E-state index in [1.165, 1.54) is 0 Å². The molecule has 0 saturated carbocycles. The van der Waals surface area contributed by atoms with Crippen LogP contribution in [0, 0.1) is 12.8 Å². The number of pyridine rings is 1. The summed E-state index contributed by atoms with van der Waals surface area (Å²) in [6.45, 7) is 6.68. The molecule has 4 nitrogen and oxygen atoms in total. The van der Waals surface area contributed by atoms with Crippen LogP contribution in [0.4, 0.5) is 0 Å². The normalized spacial score (nSPS) is 12.5. The molecule has 0 aromatic carbocycles. The smallest absolute Gasteiger partial charge is 0.252 e. The van der Waals surface area contributed by atoms with E-state index in [0.29, 0.717) is 18.0 Å². The van der Waals surface area contributed by atoms with Crippen molar-refractivity contribution < 1.29 is 4.79 Å². The average molecular weight is 249 g/mol. The zero-order valence-corrected chi connectivity index (χ0v) is 11.4. The van der Waals surface area contributed by atoms with Crippen LogP contribution in [0.2, 0.25) is 0 Å². The summed E-state index contributed by atoms with van der Waals surface area (Å²) in [5.74, 6) is 0.355. The van der Waals surface area contributed by atoms with Gasteiger partial charge in [-0.2, -0.15) is 0 Å². The molecule has 1 rings (SSSR count). The molecule has 0 aliphatic carbocycles. The number of nitrogens with zero attached hydrogens (tertiary/aromatic N) is 1. The number of amides is 1. The van der Waals surface area contributed by atoms with Crippen molar-refractivity contribution >= 4 is 5.91 Å². The third kappa shape index (κ3) is 4.11. The van der Waals surface area contributed by atoms with Crippen LogP contribution in [0.15, 0.2) is 18.5 Å². The molecule has 1 amide bonds. The highest BCUT2D eigenvalue weighted by Gasteiger charge is 2.15. The second kappa shape index (κ2) is 7.11. The highest BCUT2D eigenvalue weighted by molar-refractivity contribution is 5.94. The molecule has 1 unspecified atom stereocenters. The second-order valence-corrected chi connectivity index (χ2v) is 4.70. The Kier molecular flexibility index (Phi) is 5.78. The molecule has 18 heavy (non-hydrogen) atoms. The third-order valence-corrected chi connectivity index (χ3v) is 3.29. The van der Waals surface area contributed by atoms with E-state index in [0.717, 1.165) is 18.4 Å². The second-order valence-electron chi connectivity index (χ2n) is 4.70. The highest BCUT2D eigenvalue weighted by atomic mass is 16.1. The number of hydrogen-bond acceptors (Lipinski definition) is 3. The number of aryl methyl sites for hydroxylation is 1. The van der Waals surface area contributed by atoms with Gasteiger partial charge in [-0.25, -0.2) is 0 Å². The maximum absolute atomic E-state index is 11.9. The van der Waals surface area contributed by atoms with Crippen LogP contribution in [-0.4, -0.2) is 23.5 Å². The molecule has 0 saturated heterocycles. The monoisotopic (exact) mass is 249 g/mol. The number of carbonyl (C=O) groups excluding carboxylic acids is 1. The summed E-state index contributed by atoms with van der Waals surface area (Å²) in [5.41, 5.74) is 7.63. The number of carbonyl (C=O) groups is 1. The maximum Gasteiger partial charge on any atom is 0.252 e. The SMILES string of the molecule is CCC(CC)C(N)CNC(=O)c1cncc(C)c1. The summed E-state index contributed by atoms with van der Waals surface area (Å²) in [4.78, 5) is 15.9. The molecule has 0 aliphatic heterocycles. The molecule has 4 heteroatoms. The van der Waals surface area contributed by atoms with Crippen molar-refractivity contribution in [2.45, 2.75) is 39.7 Å². The van der Waals surface area contributed by atoms with Crippen molar-refractivity contribution in [3.8, 4) is 0 Å². The standard InChI is InChI=1S/C14H23N3O/c1-4-11(5-2)13(15)9-17-14(18)12-6-10(3)7-16-8-12/h6-8,11,13H,4-5,9,15H2,1-3H3,(H,17,18). The molecule has 3 N–H and O–H groups in total. The first-order valence-electron chi connectivity index (χ1n) is 6.53. The van der Waals surface area contributed by atoms with Gasteiger partial charge in [-0.1, -0.05) is 26.7 Å². The Morgan fingerprint density at radius 1 is 1.39 bits per heavy atom. The molecule has 0 fully saturated rings. The number of nitrogens with two attached hydrogens (primary N) is 1. The fourth-order valence-corrected chi connectivity index (χ4v) is 2.05. The van der Waals surface area contributed by atoms with Crippen LogP contribution in [0.3, 0.4) is 0 Å². The van der Waals surface area contributed by atoms with Crippen LogP contribution >= 0.6 is 0 Å². The minimum Gasteiger partial charge on any atom is -0.350 e. The largest absolute Gasteiger partial charge is 0.350 e. The van der Waals surface area contributed by atoms with Crippen molar-refractivity contribution in [1.29, 1.82) is 0 Å². The predicted octanol–water partition coefficient (Wildman–Crippen LogP) is 1.88. The van der Waals surface area contributed by atoms with Crippen LogP contribution in [0.25, 0.3) is 0 Å². The molecule has 0 radical (unpaired) electrons. The summed E-state index contributed by atoms with van der Waals surface area (Å²) in [7, 11) is 0. The summed E-state index contributed by atoms with van der Waals surface area (Å²) < 4.78 is 0. The van der Waals surface area contributed by atoms with Gasteiger partial charge in [0.15, 0.2) is 0 Å². The van der Waals surface area contributed by atoms with Gasteiger partial charge in [0.2, 0.25) is 0 Å². The van der Waals surface area contributed by atoms with Gasteiger partial charge in [0.25, 0.3) is 5.91 Å². The van der Waals surface area contributed by atoms with Crippen LogP contribution in [0.1, 0.15) is 42.6 Å². The minimum atomic E-state index is -0.104. The molecule has 1 heterocycles. The zero-order chi connectivity index (χ0) is 13.5. The lowest BCUT2D eigenvalue weighted by atomic mass is 9.95. The van der Waals surface area contributed by atoms with Crippen molar-refractivity contribution in [2.75, 3.05) is 6.54 Å². The van der Waals surface area contributed by atoms with Gasteiger partial charge < -0.3 is 11.1 Å². The first-order chi connectivity index (χ1) is 8.58. The Morgan fingerprint density at radius 2 is 2.06 bits per heavy atom. The lowest BCUT2D eigenvalue weighted by molar-refractivity contribution is 0.0947. The Labute approximate surface area is 109 Å². The van der Waals surface area contributed by atoms with Gasteiger partial charge in [0.1, 0.15) is 0 Å². The molecule has 0 aliphatic rings. The molecule has 1 aromatic rings. The Morgan fingerprint density at radius 3 is 2.61 bits per heavy atom. The van der Waals surface area contributed by atoms with Crippen molar-refractivity contribution in [2.24, 2.45) is 11.7 Å². The summed E-state index contributed by atoms with van der Waals surface area (Å²) in [6, 6.07) is 1.84. The quantitative estimate of drug-likeness (QED) is 0.809. The number of aromatic nitrogens is 1. The lowest BCUT2D eigenvalue weighted by Crippen LogP contribution is -2.41. The third-order valence-electron chi connectivity index (χ3n) is 3.29. The topological polar surface area (TPSA) is 68.0 Å². The molecule has 1 aromatic heterocycles. The van der Waals surface area contributed by atoms with E-state index in [-0.39, 0.29) is 11.9 Å². The van der Waals surface area contributed by atoms with Crippen molar-refractivity contribution in [3.05, 3.63) is 29.6 Å². The van der Waals surface area contributed by atoms with Gasteiger partial charge in [-0.3, -0.25) is 9.78 Å². The first-order valence-corrected chi connectivity index (χ1v) is 6.53. The van der Waals surface area contributed by atoms with E-state index in [1.54, 1.807) is 12.4 Å². The first kappa shape index (κ1) is 14.6. The summed E-state index contributed by atoms with van der Waals surface area (Å²) in [5, 5.41) is 2.87. The molecule has 100 valence electrons. The Balaban J connectivity index is 2.51. The summed E-state index contributed by atoms with van der Waals surface area (Å²) >= 11 is 0. The van der Waals surface area contributed by atoms with Crippen LogP contribution in [-0.2, 0) is 0 Å². The zero-order valence-electron chi connectivity index (χ0n) is 11.4. The van der Waals surface area contributed by atoms with Crippen molar-refractivity contribution in [1.82, 2.24) is 10.3 Å². The van der Waals surface area contributed by atoms with Gasteiger partial charge >= 0.3 is 0 Å². The molecule has 0 spiro atoms. The minimum absolute atomic E-state index is 0.0155. The number of nitrogens with one attached hydrogen (secondary N) is 1. The van der Waals surface area contributed by atoms with E-state index in [9.17, 15) is 4.79 Å². The maximum atomic E-state index is 11.9. The number of hydrogen-bond donors (Lipinski definition) is 2. The molecular formula is C14H23N3O. The van der Waals surface area contributed by atoms with Gasteiger partial charge in [-0.15, -0.1) is 0 Å². The average Bonchev–Trinajstić information content (AvgIpc) is 2.37. The van der Waals surface area contributed by atoms with E-state index in [1.807, 2.05) is 13.0 Å². The Bertz CT molecular complexity index is 388. The highest BCUT2D eigenvalue weighted by Crippen LogP contribution is 2.10. The van der Waals surface area contributed by atoms with Crippen molar-refractivity contribution in [3.63, 3.8) is 0 Å². The molecule has 1 atom stereocenters. The fraction of sp³-hybridized carbons (Fsp3) is 0.571. The molecular weight excluding hydrogens is 226 g/mol. The fourth-order valence-electron chi connectivity index (χ4n) is 2.05. The van der Waals surface area contributed by atoms with E-state index in [4.69, 9.17) is 5.73 Å². The van der Waals surface area contributed by atoms with E-state index >= 15 is 0 Å². The van der Waals surface area contributed by atoms with Gasteiger partial charge in [0, 0.05) is 25.0 Å². The van der Waals surface area contributed by atoms with Crippen LogP contribution in [0.5, 0.6) is 0 Å². The van der Waals surface area contributed by atoms with Gasteiger partial charge in [-0.05, 0) is 24.5 Å². The van der Waals surface area contributed by atoms with E-state index in [2.05, 4.69) is 24.1 Å². The Hall–Kier alpha value is -1.42. The van der Waals surface area contributed by atoms with Gasteiger partial charge in [0.05, 0.1) is 5.56 Å².